The predicted octanol–water partition coefficient (Wildman–Crippen LogP) is 5.84. The van der Waals surface area contributed by atoms with Gasteiger partial charge in [0.1, 0.15) is 5.82 Å². The Morgan fingerprint density at radius 1 is 1.08 bits per heavy atom. The molecule has 2 atom stereocenters. The van der Waals surface area contributed by atoms with Gasteiger partial charge in [-0.25, -0.2) is 4.39 Å². The van der Waals surface area contributed by atoms with Crippen molar-refractivity contribution < 1.29 is 28.1 Å². The number of hydrogen-bond donors (Lipinski definition) is 1. The molecule has 1 heterocycles. The van der Waals surface area contributed by atoms with Crippen LogP contribution in [0, 0.1) is 17.4 Å². The van der Waals surface area contributed by atoms with Gasteiger partial charge in [-0.15, -0.1) is 0 Å². The molecule has 1 aromatic heterocycles. The van der Waals surface area contributed by atoms with E-state index in [9.17, 15) is 18.9 Å². The molecular weight excluding hydrogens is 480 g/mol. The lowest BCUT2D eigenvalue weighted by Gasteiger charge is -2.17. The molecule has 3 aromatic rings. The van der Waals surface area contributed by atoms with E-state index in [0.717, 1.165) is 16.8 Å². The van der Waals surface area contributed by atoms with Crippen LogP contribution >= 0.6 is 7.37 Å². The standard InChI is InChI=1S/C28H29FNO5P/c1-19(2)28-24(14-15-36(33,35-4)18-23(31)16-27(32)34-3)25(20-10-12-22(29)13-11-20)17-26(30-28)21-8-6-5-7-9-21/h5-13,17,19,23,31H,16,18H2,1-4H3/t23-,36?/m0/s1. The first-order chi connectivity index (χ1) is 17.2. The number of halogens is 1. The summed E-state index contributed by atoms with van der Waals surface area (Å²) in [4.78, 5) is 16.4. The van der Waals surface area contributed by atoms with Crippen molar-refractivity contribution in [2.45, 2.75) is 32.3 Å². The number of hydrogen-bond acceptors (Lipinski definition) is 6. The minimum Gasteiger partial charge on any atom is -0.469 e. The van der Waals surface area contributed by atoms with E-state index in [1.165, 1.54) is 26.4 Å². The Morgan fingerprint density at radius 3 is 2.33 bits per heavy atom. The number of pyridine rings is 1. The van der Waals surface area contributed by atoms with Crippen LogP contribution in [0.3, 0.4) is 0 Å². The summed E-state index contributed by atoms with van der Waals surface area (Å²) < 4.78 is 36.8. The molecular formula is C28H29FNO5P. The third-order valence-electron chi connectivity index (χ3n) is 5.55. The first-order valence-electron chi connectivity index (χ1n) is 11.4. The second-order valence-electron chi connectivity index (χ2n) is 8.55. The molecule has 6 nitrogen and oxygen atoms in total. The number of ether oxygens (including phenoxy) is 1. The van der Waals surface area contributed by atoms with Crippen molar-refractivity contribution in [3.8, 4) is 34.0 Å². The van der Waals surface area contributed by atoms with Crippen LogP contribution in [0.2, 0.25) is 0 Å². The Morgan fingerprint density at radius 2 is 1.75 bits per heavy atom. The van der Waals surface area contributed by atoms with Crippen molar-refractivity contribution in [2.24, 2.45) is 0 Å². The van der Waals surface area contributed by atoms with Crippen molar-refractivity contribution in [1.82, 2.24) is 4.98 Å². The van der Waals surface area contributed by atoms with Crippen LogP contribution in [0.15, 0.2) is 60.7 Å². The van der Waals surface area contributed by atoms with Gasteiger partial charge in [-0.3, -0.25) is 14.3 Å². The molecule has 0 saturated carbocycles. The van der Waals surface area contributed by atoms with Gasteiger partial charge in [0.2, 0.25) is 0 Å². The molecule has 0 saturated heterocycles. The average Bonchev–Trinajstić information content (AvgIpc) is 2.87. The van der Waals surface area contributed by atoms with Crippen molar-refractivity contribution in [3.63, 3.8) is 0 Å². The molecule has 0 spiro atoms. The van der Waals surface area contributed by atoms with E-state index < -0.39 is 19.4 Å². The van der Waals surface area contributed by atoms with E-state index in [1.807, 2.05) is 50.2 Å². The lowest BCUT2D eigenvalue weighted by Crippen LogP contribution is -2.18. The number of aliphatic hydroxyl groups excluding tert-OH is 1. The zero-order valence-electron chi connectivity index (χ0n) is 20.7. The van der Waals surface area contributed by atoms with Crippen LogP contribution in [-0.2, 0) is 18.6 Å². The smallest absolute Gasteiger partial charge is 0.308 e. The van der Waals surface area contributed by atoms with Crippen LogP contribution in [0.4, 0.5) is 4.39 Å². The van der Waals surface area contributed by atoms with Gasteiger partial charge in [0.25, 0.3) is 7.37 Å². The molecule has 3 rings (SSSR count). The molecule has 2 aromatic carbocycles. The molecule has 8 heteroatoms. The summed E-state index contributed by atoms with van der Waals surface area (Å²) in [6.07, 6.45) is -1.89. The van der Waals surface area contributed by atoms with Gasteiger partial charge in [0.15, 0.2) is 0 Å². The quantitative estimate of drug-likeness (QED) is 0.233. The zero-order chi connectivity index (χ0) is 26.3. The van der Waals surface area contributed by atoms with Crippen LogP contribution in [0.25, 0.3) is 22.4 Å². The fourth-order valence-corrected chi connectivity index (χ4v) is 4.95. The molecule has 0 aliphatic heterocycles. The second-order valence-corrected chi connectivity index (χ2v) is 10.9. The van der Waals surface area contributed by atoms with E-state index in [1.54, 1.807) is 12.1 Å². The van der Waals surface area contributed by atoms with E-state index in [2.05, 4.69) is 16.3 Å². The van der Waals surface area contributed by atoms with Crippen molar-refractivity contribution in [3.05, 3.63) is 77.7 Å². The number of rotatable bonds is 8. The third-order valence-corrected chi connectivity index (χ3v) is 7.49. The van der Waals surface area contributed by atoms with Gasteiger partial charge in [0.05, 0.1) is 42.7 Å². The largest absolute Gasteiger partial charge is 0.469 e. The summed E-state index contributed by atoms with van der Waals surface area (Å²) in [7, 11) is -1.17. The van der Waals surface area contributed by atoms with Crippen molar-refractivity contribution >= 4 is 13.3 Å². The lowest BCUT2D eigenvalue weighted by atomic mass is 9.93. The number of carbonyl (C=O) groups excluding carboxylic acids is 1. The maximum Gasteiger partial charge on any atom is 0.308 e. The lowest BCUT2D eigenvalue weighted by molar-refractivity contribution is -0.142. The average molecular weight is 510 g/mol. The predicted molar refractivity (Wildman–Crippen MR) is 138 cm³/mol. The number of carbonyl (C=O) groups is 1. The highest BCUT2D eigenvalue weighted by atomic mass is 31.2. The molecule has 36 heavy (non-hydrogen) atoms. The van der Waals surface area contributed by atoms with Crippen LogP contribution in [-0.4, -0.2) is 42.5 Å². The maximum atomic E-state index is 13.7. The Hall–Kier alpha value is -3.30. The highest BCUT2D eigenvalue weighted by molar-refractivity contribution is 7.64. The Labute approximate surface area is 211 Å². The molecule has 1 N–H and O–H groups in total. The van der Waals surface area contributed by atoms with E-state index in [0.29, 0.717) is 16.8 Å². The van der Waals surface area contributed by atoms with Crippen LogP contribution in [0.1, 0.15) is 37.4 Å². The fraction of sp³-hybridized carbons (Fsp3) is 0.286. The van der Waals surface area contributed by atoms with E-state index in [-0.39, 0.29) is 24.3 Å². The fourth-order valence-electron chi connectivity index (χ4n) is 3.65. The molecule has 0 fully saturated rings. The zero-order valence-corrected chi connectivity index (χ0v) is 21.6. The maximum absolute atomic E-state index is 13.7. The SMILES string of the molecule is COC(=O)C[C@H](O)CP(=O)(C#Cc1c(-c2ccc(F)cc2)cc(-c2ccccc2)nc1C(C)C)OC. The number of methoxy groups -OCH3 is 1. The summed E-state index contributed by atoms with van der Waals surface area (Å²) >= 11 is 0. The molecule has 0 bridgehead atoms. The van der Waals surface area contributed by atoms with Crippen LogP contribution < -0.4 is 0 Å². The second kappa shape index (κ2) is 12.1. The molecule has 0 aliphatic carbocycles. The van der Waals surface area contributed by atoms with Crippen LogP contribution in [0.5, 0.6) is 0 Å². The number of esters is 1. The summed E-state index contributed by atoms with van der Waals surface area (Å²) in [5.41, 5.74) is 7.01. The Kier molecular flexibility index (Phi) is 9.17. The third kappa shape index (κ3) is 6.89. The van der Waals surface area contributed by atoms with Crippen molar-refractivity contribution in [1.29, 1.82) is 0 Å². The molecule has 0 amide bonds. The highest BCUT2D eigenvalue weighted by Crippen LogP contribution is 2.46. The monoisotopic (exact) mass is 509 g/mol. The molecule has 1 unspecified atom stereocenters. The Bertz CT molecular complexity index is 1310. The molecule has 0 radical (unpaired) electrons. The van der Waals surface area contributed by atoms with E-state index in [4.69, 9.17) is 9.51 Å². The van der Waals surface area contributed by atoms with Gasteiger partial charge in [-0.1, -0.05) is 62.2 Å². The first-order valence-corrected chi connectivity index (χ1v) is 13.3. The van der Waals surface area contributed by atoms with Gasteiger partial charge < -0.3 is 14.4 Å². The van der Waals surface area contributed by atoms with Gasteiger partial charge >= 0.3 is 5.97 Å². The topological polar surface area (TPSA) is 85.7 Å². The highest BCUT2D eigenvalue weighted by Gasteiger charge is 2.26. The minimum atomic E-state index is -3.63. The normalized spacial score (nSPS) is 13.4. The van der Waals surface area contributed by atoms with Gasteiger partial charge in [-0.05, 0) is 35.3 Å². The number of benzene rings is 2. The summed E-state index contributed by atoms with van der Waals surface area (Å²) in [5, 5.41) is 10.2. The Balaban J connectivity index is 2.17. The summed E-state index contributed by atoms with van der Waals surface area (Å²) in [5.74, 6) is 1.97. The van der Waals surface area contributed by atoms with E-state index >= 15 is 0 Å². The van der Waals surface area contributed by atoms with Crippen molar-refractivity contribution in [2.75, 3.05) is 20.4 Å². The van der Waals surface area contributed by atoms with Gasteiger partial charge in [0, 0.05) is 18.2 Å². The summed E-state index contributed by atoms with van der Waals surface area (Å²) in [6, 6.07) is 17.6. The molecule has 188 valence electrons. The van der Waals surface area contributed by atoms with Gasteiger partial charge in [-0.2, -0.15) is 0 Å². The summed E-state index contributed by atoms with van der Waals surface area (Å²) in [6.45, 7) is 3.96. The first kappa shape index (κ1) is 27.3. The number of nitrogens with zero attached hydrogens (tertiary/aromatic N) is 1. The molecule has 0 aliphatic rings. The number of aliphatic hydroxyl groups is 1. The minimum absolute atomic E-state index is 0.0380. The number of aromatic nitrogens is 1.